The summed E-state index contributed by atoms with van der Waals surface area (Å²) in [6, 6.07) is 12.9. The number of nitro benzene ring substituents is 1. The molecule has 3 rings (SSSR count). The maximum Gasteiger partial charge on any atom is 0.339 e. The van der Waals surface area contributed by atoms with Crippen LogP contribution in [-0.4, -0.2) is 17.0 Å². The van der Waals surface area contributed by atoms with Crippen molar-refractivity contribution in [2.45, 2.75) is 6.92 Å². The van der Waals surface area contributed by atoms with Crippen molar-refractivity contribution in [3.05, 3.63) is 74.6 Å². The molecule has 0 spiro atoms. The Hall–Kier alpha value is -3.48. The first-order chi connectivity index (χ1) is 12.0. The minimum atomic E-state index is -0.603. The average Bonchev–Trinajstić information content (AvgIpc) is 2.61. The molecule has 126 valence electrons. The summed E-state index contributed by atoms with van der Waals surface area (Å²) in [5.74, 6) is 0.568. The fourth-order valence-electron chi connectivity index (χ4n) is 2.46. The van der Waals surface area contributed by atoms with Gasteiger partial charge >= 0.3 is 5.63 Å². The maximum absolute atomic E-state index is 12.0. The summed E-state index contributed by atoms with van der Waals surface area (Å²) < 4.78 is 10.4. The van der Waals surface area contributed by atoms with Gasteiger partial charge in [0.15, 0.2) is 0 Å². The molecule has 0 saturated heterocycles. The zero-order valence-electron chi connectivity index (χ0n) is 13.6. The molecule has 3 aromatic rings. The van der Waals surface area contributed by atoms with Crippen LogP contribution in [0.25, 0.3) is 22.7 Å². The minimum Gasteiger partial charge on any atom is -0.496 e. The van der Waals surface area contributed by atoms with E-state index in [4.69, 9.17) is 9.15 Å². The van der Waals surface area contributed by atoms with Gasteiger partial charge in [-0.3, -0.25) is 10.1 Å². The number of para-hydroxylation sites is 1. The molecule has 0 N–H and O–H groups in total. The highest BCUT2D eigenvalue weighted by molar-refractivity contribution is 5.69. The Balaban J connectivity index is 2.17. The van der Waals surface area contributed by atoms with Crippen molar-refractivity contribution in [3.8, 4) is 28.5 Å². The van der Waals surface area contributed by atoms with E-state index in [-0.39, 0.29) is 11.6 Å². The van der Waals surface area contributed by atoms with Gasteiger partial charge in [0.05, 0.1) is 23.8 Å². The van der Waals surface area contributed by atoms with E-state index >= 15 is 0 Å². The molecule has 25 heavy (non-hydrogen) atoms. The molecule has 7 nitrogen and oxygen atoms in total. The van der Waals surface area contributed by atoms with Crippen molar-refractivity contribution in [1.82, 2.24) is 4.98 Å². The molecular weight excluding hydrogens is 324 g/mol. The first-order valence-corrected chi connectivity index (χ1v) is 7.40. The summed E-state index contributed by atoms with van der Waals surface area (Å²) in [5, 5.41) is 11.1. The van der Waals surface area contributed by atoms with Gasteiger partial charge in [-0.25, -0.2) is 9.78 Å². The standard InChI is InChI=1S/C18H14N2O5/c1-11-7-8-12(9-15(11)20(22)23)18-19-14(10-17(21)25-18)13-5-3-4-6-16(13)24-2/h3-10H,1-2H3. The third-order valence-corrected chi connectivity index (χ3v) is 3.71. The number of rotatable bonds is 4. The number of hydrogen-bond acceptors (Lipinski definition) is 6. The number of benzene rings is 2. The molecule has 0 saturated carbocycles. The summed E-state index contributed by atoms with van der Waals surface area (Å²) in [7, 11) is 1.52. The van der Waals surface area contributed by atoms with Gasteiger partial charge < -0.3 is 9.15 Å². The van der Waals surface area contributed by atoms with E-state index < -0.39 is 10.5 Å². The normalized spacial score (nSPS) is 10.5. The maximum atomic E-state index is 12.0. The van der Waals surface area contributed by atoms with E-state index in [1.165, 1.54) is 19.2 Å². The number of methoxy groups -OCH3 is 1. The molecule has 0 fully saturated rings. The van der Waals surface area contributed by atoms with Crippen LogP contribution in [0.1, 0.15) is 5.56 Å². The van der Waals surface area contributed by atoms with Gasteiger partial charge in [-0.15, -0.1) is 0 Å². The molecule has 1 heterocycles. The zero-order chi connectivity index (χ0) is 18.0. The summed E-state index contributed by atoms with van der Waals surface area (Å²) >= 11 is 0. The molecule has 0 unspecified atom stereocenters. The molecule has 0 aliphatic rings. The molecule has 0 aliphatic heterocycles. The van der Waals surface area contributed by atoms with E-state index in [1.807, 2.05) is 0 Å². The second kappa shape index (κ2) is 6.56. The molecule has 1 aromatic heterocycles. The summed E-state index contributed by atoms with van der Waals surface area (Å²) in [6.45, 7) is 1.64. The van der Waals surface area contributed by atoms with Crippen molar-refractivity contribution in [1.29, 1.82) is 0 Å². The van der Waals surface area contributed by atoms with E-state index in [2.05, 4.69) is 4.98 Å². The van der Waals surface area contributed by atoms with E-state index in [0.717, 1.165) is 0 Å². The fourth-order valence-corrected chi connectivity index (χ4v) is 2.46. The summed E-state index contributed by atoms with van der Waals surface area (Å²) in [4.78, 5) is 26.9. The third kappa shape index (κ3) is 3.25. The van der Waals surface area contributed by atoms with Crippen molar-refractivity contribution in [2.75, 3.05) is 7.11 Å². The van der Waals surface area contributed by atoms with Crippen LogP contribution in [0, 0.1) is 17.0 Å². The van der Waals surface area contributed by atoms with Gasteiger partial charge in [0.2, 0.25) is 5.89 Å². The van der Waals surface area contributed by atoms with Crippen LogP contribution >= 0.6 is 0 Å². The zero-order valence-corrected chi connectivity index (χ0v) is 13.6. The first-order valence-electron chi connectivity index (χ1n) is 7.40. The largest absolute Gasteiger partial charge is 0.496 e. The average molecular weight is 338 g/mol. The molecule has 0 radical (unpaired) electrons. The molecule has 0 atom stereocenters. The lowest BCUT2D eigenvalue weighted by molar-refractivity contribution is -0.385. The van der Waals surface area contributed by atoms with Gasteiger partial charge in [0, 0.05) is 22.8 Å². The van der Waals surface area contributed by atoms with Crippen LogP contribution in [0.2, 0.25) is 0 Å². The lowest BCUT2D eigenvalue weighted by atomic mass is 10.1. The molecule has 2 aromatic carbocycles. The minimum absolute atomic E-state index is 0.0107. The van der Waals surface area contributed by atoms with E-state index in [1.54, 1.807) is 43.3 Å². The van der Waals surface area contributed by atoms with Crippen LogP contribution in [0.4, 0.5) is 5.69 Å². The van der Waals surface area contributed by atoms with E-state index in [0.29, 0.717) is 28.1 Å². The van der Waals surface area contributed by atoms with Gasteiger partial charge in [0.25, 0.3) is 5.69 Å². The first kappa shape index (κ1) is 16.4. The van der Waals surface area contributed by atoms with Gasteiger partial charge in [-0.2, -0.15) is 0 Å². The SMILES string of the molecule is COc1ccccc1-c1cc(=O)oc(-c2ccc(C)c([N+](=O)[O-])c2)n1. The Morgan fingerprint density at radius 1 is 1.16 bits per heavy atom. The topological polar surface area (TPSA) is 95.5 Å². The smallest absolute Gasteiger partial charge is 0.339 e. The van der Waals surface area contributed by atoms with Crippen LogP contribution in [0.3, 0.4) is 0 Å². The molecule has 7 heteroatoms. The lowest BCUT2D eigenvalue weighted by Crippen LogP contribution is -2.03. The Bertz CT molecular complexity index is 1010. The Morgan fingerprint density at radius 2 is 1.92 bits per heavy atom. The molecular formula is C18H14N2O5. The van der Waals surface area contributed by atoms with Gasteiger partial charge in [0.1, 0.15) is 5.75 Å². The van der Waals surface area contributed by atoms with Crippen LogP contribution in [0.5, 0.6) is 5.75 Å². The predicted molar refractivity (Wildman–Crippen MR) is 91.6 cm³/mol. The third-order valence-electron chi connectivity index (χ3n) is 3.71. The van der Waals surface area contributed by atoms with Crippen molar-refractivity contribution in [2.24, 2.45) is 0 Å². The number of ether oxygens (including phenoxy) is 1. The second-order valence-corrected chi connectivity index (χ2v) is 5.33. The van der Waals surface area contributed by atoms with Crippen molar-refractivity contribution < 1.29 is 14.1 Å². The monoisotopic (exact) mass is 338 g/mol. The summed E-state index contributed by atoms with van der Waals surface area (Å²) in [5.41, 5.74) is 1.19. The van der Waals surface area contributed by atoms with E-state index in [9.17, 15) is 14.9 Å². The Labute approximate surface area is 142 Å². The molecule has 0 amide bonds. The Morgan fingerprint density at radius 3 is 2.64 bits per heavy atom. The quantitative estimate of drug-likeness (QED) is 0.533. The number of nitrogens with zero attached hydrogens (tertiary/aromatic N) is 2. The highest BCUT2D eigenvalue weighted by Crippen LogP contribution is 2.30. The molecule has 0 aliphatic carbocycles. The van der Waals surface area contributed by atoms with Crippen LogP contribution < -0.4 is 10.4 Å². The van der Waals surface area contributed by atoms with Crippen LogP contribution in [-0.2, 0) is 0 Å². The number of nitro groups is 1. The Kier molecular flexibility index (Phi) is 4.30. The highest BCUT2D eigenvalue weighted by Gasteiger charge is 2.16. The fraction of sp³-hybridized carbons (Fsp3) is 0.111. The number of aryl methyl sites for hydroxylation is 1. The number of hydrogen-bond donors (Lipinski definition) is 0. The van der Waals surface area contributed by atoms with Crippen molar-refractivity contribution in [3.63, 3.8) is 0 Å². The van der Waals surface area contributed by atoms with Gasteiger partial charge in [-0.1, -0.05) is 18.2 Å². The number of aromatic nitrogens is 1. The molecule has 0 bridgehead atoms. The highest BCUT2D eigenvalue weighted by atomic mass is 16.6. The lowest BCUT2D eigenvalue weighted by Gasteiger charge is -2.08. The second-order valence-electron chi connectivity index (χ2n) is 5.33. The van der Waals surface area contributed by atoms with Crippen molar-refractivity contribution >= 4 is 5.69 Å². The summed E-state index contributed by atoms with van der Waals surface area (Å²) in [6.07, 6.45) is 0. The van der Waals surface area contributed by atoms with Crippen LogP contribution in [0.15, 0.2) is 57.7 Å². The predicted octanol–water partition coefficient (Wildman–Crippen LogP) is 3.59. The van der Waals surface area contributed by atoms with Gasteiger partial charge in [-0.05, 0) is 25.1 Å².